The number of carbonyl (C=O) groups is 2. The zero-order chi connectivity index (χ0) is 26.2. The van der Waals surface area contributed by atoms with Crippen LogP contribution in [-0.2, 0) is 11.4 Å². The van der Waals surface area contributed by atoms with E-state index < -0.39 is 11.9 Å². The molecule has 3 aromatic carbocycles. The summed E-state index contributed by atoms with van der Waals surface area (Å²) in [4.78, 5) is 23.7. The summed E-state index contributed by atoms with van der Waals surface area (Å²) in [6, 6.07) is 17.0. The summed E-state index contributed by atoms with van der Waals surface area (Å²) >= 11 is 6.48. The van der Waals surface area contributed by atoms with Crippen molar-refractivity contribution >= 4 is 35.2 Å². The lowest BCUT2D eigenvalue weighted by atomic mass is 10.1. The number of aryl methyl sites for hydroxylation is 2. The quantitative estimate of drug-likeness (QED) is 0.266. The van der Waals surface area contributed by atoms with Crippen LogP contribution in [0.15, 0.2) is 60.2 Å². The van der Waals surface area contributed by atoms with E-state index in [1.165, 1.54) is 18.2 Å². The van der Waals surface area contributed by atoms with Gasteiger partial charge in [0.2, 0.25) is 0 Å². The first-order chi connectivity index (χ1) is 17.2. The Bertz CT molecular complexity index is 1360. The molecule has 0 aliphatic heterocycles. The molecule has 0 radical (unpaired) electrons. The van der Waals surface area contributed by atoms with Gasteiger partial charge in [0, 0.05) is 5.69 Å². The standard InChI is InChI=1S/C28H25ClN2O5/c1-4-35-25-14-20(12-22(15-30)27(32)31-23-10-5-17(2)18(3)11-23)13-24(29)26(25)36-16-19-6-8-21(9-7-19)28(33)34/h5-14H,4,16H2,1-3H3,(H,31,32)(H,33,34)/b22-12+. The van der Waals surface area contributed by atoms with Crippen LogP contribution in [0.4, 0.5) is 5.69 Å². The third kappa shape index (κ3) is 6.65. The Kier molecular flexibility index (Phi) is 8.71. The number of nitriles is 1. The van der Waals surface area contributed by atoms with Crippen molar-refractivity contribution in [1.82, 2.24) is 0 Å². The monoisotopic (exact) mass is 504 g/mol. The lowest BCUT2D eigenvalue weighted by molar-refractivity contribution is -0.112. The lowest BCUT2D eigenvalue weighted by Gasteiger charge is -2.15. The first-order valence-corrected chi connectivity index (χ1v) is 11.5. The van der Waals surface area contributed by atoms with Gasteiger partial charge in [-0.2, -0.15) is 5.26 Å². The molecule has 0 bridgehead atoms. The normalized spacial score (nSPS) is 10.9. The number of carboxylic acids is 1. The smallest absolute Gasteiger partial charge is 0.335 e. The maximum Gasteiger partial charge on any atom is 0.335 e. The van der Waals surface area contributed by atoms with Gasteiger partial charge in [-0.15, -0.1) is 0 Å². The molecular weight excluding hydrogens is 480 g/mol. The van der Waals surface area contributed by atoms with Gasteiger partial charge in [0.25, 0.3) is 5.91 Å². The maximum atomic E-state index is 12.7. The van der Waals surface area contributed by atoms with Crippen molar-refractivity contribution in [3.8, 4) is 17.6 Å². The Morgan fingerprint density at radius 3 is 2.39 bits per heavy atom. The van der Waals surface area contributed by atoms with E-state index in [-0.39, 0.29) is 22.8 Å². The second kappa shape index (κ2) is 11.9. The Hall–Kier alpha value is -4.28. The minimum atomic E-state index is -1.01. The minimum absolute atomic E-state index is 0.0982. The highest BCUT2D eigenvalue weighted by atomic mass is 35.5. The number of anilines is 1. The molecule has 0 heterocycles. The van der Waals surface area contributed by atoms with E-state index in [9.17, 15) is 14.9 Å². The van der Waals surface area contributed by atoms with Gasteiger partial charge in [-0.25, -0.2) is 4.79 Å². The molecule has 3 rings (SSSR count). The Morgan fingerprint density at radius 2 is 1.78 bits per heavy atom. The molecule has 36 heavy (non-hydrogen) atoms. The highest BCUT2D eigenvalue weighted by molar-refractivity contribution is 6.32. The molecule has 8 heteroatoms. The second-order valence-electron chi connectivity index (χ2n) is 7.98. The number of benzene rings is 3. The van der Waals surface area contributed by atoms with Crippen molar-refractivity contribution < 1.29 is 24.2 Å². The number of amides is 1. The Morgan fingerprint density at radius 1 is 1.06 bits per heavy atom. The molecule has 0 unspecified atom stereocenters. The molecule has 2 N–H and O–H groups in total. The van der Waals surface area contributed by atoms with E-state index in [1.807, 2.05) is 39.0 Å². The number of ether oxygens (including phenoxy) is 2. The number of rotatable bonds is 9. The van der Waals surface area contributed by atoms with Crippen LogP contribution in [0.5, 0.6) is 11.5 Å². The second-order valence-corrected chi connectivity index (χ2v) is 8.38. The molecule has 0 aliphatic carbocycles. The first-order valence-electron chi connectivity index (χ1n) is 11.1. The van der Waals surface area contributed by atoms with Crippen LogP contribution in [-0.4, -0.2) is 23.6 Å². The number of nitrogens with zero attached hydrogens (tertiary/aromatic N) is 1. The minimum Gasteiger partial charge on any atom is -0.490 e. The van der Waals surface area contributed by atoms with Crippen LogP contribution >= 0.6 is 11.6 Å². The average molecular weight is 505 g/mol. The predicted octanol–water partition coefficient (Wildman–Crippen LogP) is 6.18. The van der Waals surface area contributed by atoms with E-state index in [0.717, 1.165) is 16.7 Å². The summed E-state index contributed by atoms with van der Waals surface area (Å²) in [7, 11) is 0. The summed E-state index contributed by atoms with van der Waals surface area (Å²) in [6.07, 6.45) is 1.43. The van der Waals surface area contributed by atoms with E-state index in [1.54, 1.807) is 30.3 Å². The van der Waals surface area contributed by atoms with E-state index in [2.05, 4.69) is 5.32 Å². The van der Waals surface area contributed by atoms with Crippen LogP contribution in [0, 0.1) is 25.2 Å². The molecule has 184 valence electrons. The number of nitrogens with one attached hydrogen (secondary N) is 1. The predicted molar refractivity (Wildman–Crippen MR) is 138 cm³/mol. The summed E-state index contributed by atoms with van der Waals surface area (Å²) in [5, 5.41) is 21.6. The molecule has 0 aromatic heterocycles. The van der Waals surface area contributed by atoms with Gasteiger partial charge in [-0.3, -0.25) is 4.79 Å². The van der Waals surface area contributed by atoms with Gasteiger partial charge in [0.1, 0.15) is 18.2 Å². The van der Waals surface area contributed by atoms with Crippen molar-refractivity contribution in [3.63, 3.8) is 0 Å². The van der Waals surface area contributed by atoms with Gasteiger partial charge in [0.05, 0.1) is 17.2 Å². The number of aromatic carboxylic acids is 1. The highest BCUT2D eigenvalue weighted by Gasteiger charge is 2.15. The average Bonchev–Trinajstić information content (AvgIpc) is 2.84. The molecule has 3 aromatic rings. The number of carboxylic acid groups (broad SMARTS) is 1. The molecule has 0 saturated heterocycles. The number of halogens is 1. The fourth-order valence-electron chi connectivity index (χ4n) is 3.31. The van der Waals surface area contributed by atoms with Crippen LogP contribution in [0.3, 0.4) is 0 Å². The highest BCUT2D eigenvalue weighted by Crippen LogP contribution is 2.38. The van der Waals surface area contributed by atoms with Gasteiger partial charge >= 0.3 is 5.97 Å². The van der Waals surface area contributed by atoms with Gasteiger partial charge in [0.15, 0.2) is 11.5 Å². The Balaban J connectivity index is 1.82. The third-order valence-electron chi connectivity index (χ3n) is 5.36. The van der Waals surface area contributed by atoms with Crippen molar-refractivity contribution in [1.29, 1.82) is 5.26 Å². The van der Waals surface area contributed by atoms with Gasteiger partial charge in [-0.1, -0.05) is 29.8 Å². The summed E-state index contributed by atoms with van der Waals surface area (Å²) in [5.74, 6) is -0.895. The summed E-state index contributed by atoms with van der Waals surface area (Å²) in [5.41, 5.74) is 4.04. The van der Waals surface area contributed by atoms with E-state index >= 15 is 0 Å². The SMILES string of the molecule is CCOc1cc(/C=C(\C#N)C(=O)Nc2ccc(C)c(C)c2)cc(Cl)c1OCc1ccc(C(=O)O)cc1. The van der Waals surface area contributed by atoms with Crippen molar-refractivity contribution in [2.24, 2.45) is 0 Å². The van der Waals surface area contributed by atoms with Gasteiger partial charge in [-0.05, 0) is 85.5 Å². The van der Waals surface area contributed by atoms with Crippen molar-refractivity contribution in [2.75, 3.05) is 11.9 Å². The molecular formula is C28H25ClN2O5. The van der Waals surface area contributed by atoms with E-state index in [0.29, 0.717) is 29.4 Å². The molecule has 0 atom stereocenters. The largest absolute Gasteiger partial charge is 0.490 e. The maximum absolute atomic E-state index is 12.7. The summed E-state index contributed by atoms with van der Waals surface area (Å²) in [6.45, 7) is 6.20. The van der Waals surface area contributed by atoms with E-state index in [4.69, 9.17) is 26.2 Å². The van der Waals surface area contributed by atoms with Crippen molar-refractivity contribution in [2.45, 2.75) is 27.4 Å². The van der Waals surface area contributed by atoms with Crippen LogP contribution in [0.2, 0.25) is 5.02 Å². The molecule has 0 aliphatic rings. The lowest BCUT2D eigenvalue weighted by Crippen LogP contribution is -2.13. The topological polar surface area (TPSA) is 109 Å². The van der Waals surface area contributed by atoms with Crippen LogP contribution in [0.1, 0.15) is 39.5 Å². The number of hydrogen-bond acceptors (Lipinski definition) is 5. The molecule has 7 nitrogen and oxygen atoms in total. The van der Waals surface area contributed by atoms with Crippen LogP contribution < -0.4 is 14.8 Å². The first kappa shape index (κ1) is 26.3. The van der Waals surface area contributed by atoms with Crippen molar-refractivity contribution in [3.05, 3.63) is 93.0 Å². The fourth-order valence-corrected chi connectivity index (χ4v) is 3.58. The van der Waals surface area contributed by atoms with Gasteiger partial charge < -0.3 is 19.9 Å². The third-order valence-corrected chi connectivity index (χ3v) is 5.64. The number of carbonyl (C=O) groups excluding carboxylic acids is 1. The zero-order valence-corrected chi connectivity index (χ0v) is 20.8. The number of hydrogen-bond donors (Lipinski definition) is 2. The molecule has 0 fully saturated rings. The molecule has 0 saturated carbocycles. The zero-order valence-electron chi connectivity index (χ0n) is 20.1. The summed E-state index contributed by atoms with van der Waals surface area (Å²) < 4.78 is 11.6. The van der Waals surface area contributed by atoms with Crippen LogP contribution in [0.25, 0.3) is 6.08 Å². The Labute approximate surface area is 214 Å². The molecule has 1 amide bonds. The fraction of sp³-hybridized carbons (Fsp3) is 0.179. The molecule has 0 spiro atoms.